The van der Waals surface area contributed by atoms with Crippen molar-refractivity contribution >= 4 is 29.9 Å². The molecule has 0 amide bonds. The van der Waals surface area contributed by atoms with Crippen molar-refractivity contribution in [3.63, 3.8) is 0 Å². The van der Waals surface area contributed by atoms with Gasteiger partial charge in [0.05, 0.1) is 18.7 Å². The summed E-state index contributed by atoms with van der Waals surface area (Å²) in [5.74, 6) is 1.28. The highest BCUT2D eigenvalue weighted by Crippen LogP contribution is 2.35. The Morgan fingerprint density at radius 2 is 1.87 bits per heavy atom. The second-order valence-electron chi connectivity index (χ2n) is 7.61. The molecule has 0 aliphatic heterocycles. The van der Waals surface area contributed by atoms with Gasteiger partial charge in [0.1, 0.15) is 17.7 Å². The zero-order valence-electron chi connectivity index (χ0n) is 18.4. The number of aryl methyl sites for hydroxylation is 1. The average molecular weight is 554 g/mol. The van der Waals surface area contributed by atoms with Crippen LogP contribution in [0, 0.1) is 0 Å². The van der Waals surface area contributed by atoms with Crippen LogP contribution < -0.4 is 15.4 Å². The second kappa shape index (κ2) is 11.5. The highest BCUT2D eigenvalue weighted by molar-refractivity contribution is 14.0. The Labute approximate surface area is 197 Å². The fourth-order valence-corrected chi connectivity index (χ4v) is 2.72. The van der Waals surface area contributed by atoms with Gasteiger partial charge in [-0.15, -0.1) is 34.2 Å². The Morgan fingerprint density at radius 1 is 1.16 bits per heavy atom. The van der Waals surface area contributed by atoms with Gasteiger partial charge in [0.2, 0.25) is 0 Å². The number of halogens is 4. The number of aromatic nitrogens is 3. The lowest BCUT2D eigenvalue weighted by atomic mass is 10.1. The first-order chi connectivity index (χ1) is 14.0. The minimum Gasteiger partial charge on any atom is -0.488 e. The maximum absolute atomic E-state index is 13.6. The van der Waals surface area contributed by atoms with E-state index in [9.17, 15) is 13.2 Å². The topological polar surface area (TPSA) is 76.4 Å². The van der Waals surface area contributed by atoms with Crippen LogP contribution in [0.1, 0.15) is 51.6 Å². The third-order valence-corrected chi connectivity index (χ3v) is 4.01. The van der Waals surface area contributed by atoms with E-state index in [0.29, 0.717) is 24.9 Å². The van der Waals surface area contributed by atoms with E-state index in [1.54, 1.807) is 27.1 Å². The zero-order valence-corrected chi connectivity index (χ0v) is 20.7. The average Bonchev–Trinajstić information content (AvgIpc) is 3.10. The fourth-order valence-electron chi connectivity index (χ4n) is 2.72. The molecule has 0 saturated carbocycles. The lowest BCUT2D eigenvalue weighted by Gasteiger charge is -2.22. The lowest BCUT2D eigenvalue weighted by molar-refractivity contribution is -0.138. The summed E-state index contributed by atoms with van der Waals surface area (Å²) in [7, 11) is 0. The fraction of sp³-hybridized carbons (Fsp3) is 0.550. The van der Waals surface area contributed by atoms with Gasteiger partial charge in [0.25, 0.3) is 0 Å². The first-order valence-corrected chi connectivity index (χ1v) is 9.81. The van der Waals surface area contributed by atoms with Crippen LogP contribution in [0.2, 0.25) is 0 Å². The van der Waals surface area contributed by atoms with Crippen LogP contribution in [0.3, 0.4) is 0 Å². The highest BCUT2D eigenvalue weighted by Gasteiger charge is 2.34. The summed E-state index contributed by atoms with van der Waals surface area (Å²) in [4.78, 5) is 4.31. The molecule has 1 heterocycles. The summed E-state index contributed by atoms with van der Waals surface area (Å²) in [5.41, 5.74) is -1.28. The van der Waals surface area contributed by atoms with Crippen molar-refractivity contribution in [2.45, 2.75) is 66.0 Å². The Morgan fingerprint density at radius 3 is 2.45 bits per heavy atom. The Hall–Kier alpha value is -2.05. The van der Waals surface area contributed by atoms with Gasteiger partial charge in [-0.1, -0.05) is 6.07 Å². The molecule has 1 aromatic heterocycles. The molecule has 2 N–H and O–H groups in total. The molecule has 0 bridgehead atoms. The first-order valence-electron chi connectivity index (χ1n) is 9.81. The quantitative estimate of drug-likeness (QED) is 0.302. The zero-order chi connectivity index (χ0) is 22.4. The number of guanidine groups is 1. The number of benzene rings is 1. The number of ether oxygens (including phenoxy) is 1. The predicted octanol–water partition coefficient (Wildman–Crippen LogP) is 4.37. The number of aliphatic imine (C=N–C) groups is 1. The van der Waals surface area contributed by atoms with Gasteiger partial charge in [-0.3, -0.25) is 0 Å². The minimum absolute atomic E-state index is 0. The molecule has 31 heavy (non-hydrogen) atoms. The molecule has 0 aliphatic rings. The van der Waals surface area contributed by atoms with Gasteiger partial charge in [-0.2, -0.15) is 13.2 Å². The van der Waals surface area contributed by atoms with E-state index < -0.39 is 17.3 Å². The predicted molar refractivity (Wildman–Crippen MR) is 125 cm³/mol. The Kier molecular flexibility index (Phi) is 10.0. The highest BCUT2D eigenvalue weighted by atomic mass is 127. The molecule has 0 saturated heterocycles. The van der Waals surface area contributed by atoms with Crippen molar-refractivity contribution in [1.82, 2.24) is 25.4 Å². The van der Waals surface area contributed by atoms with Crippen LogP contribution in [-0.4, -0.2) is 32.9 Å². The van der Waals surface area contributed by atoms with Crippen LogP contribution in [-0.2, 0) is 25.8 Å². The van der Waals surface area contributed by atoms with Crippen molar-refractivity contribution in [2.75, 3.05) is 6.54 Å². The molecule has 2 aromatic rings. The number of nitrogens with one attached hydrogen (secondary N) is 2. The molecule has 2 rings (SSSR count). The standard InChI is InChI=1S/C20H29F3N6O.HI/c1-6-24-18(26-12-17-28-27-13-29(17)7-2)25-11-14-8-9-15(30-19(3,4)5)10-16(14)20(21,22)23;/h8-10,13H,6-7,11-12H2,1-5H3,(H2,24,25,26);1H. The summed E-state index contributed by atoms with van der Waals surface area (Å²) in [6.07, 6.45) is -2.89. The van der Waals surface area contributed by atoms with Crippen LogP contribution >= 0.6 is 24.0 Å². The van der Waals surface area contributed by atoms with Crippen molar-refractivity contribution in [1.29, 1.82) is 0 Å². The van der Waals surface area contributed by atoms with Gasteiger partial charge in [0.15, 0.2) is 11.8 Å². The molecule has 0 radical (unpaired) electrons. The van der Waals surface area contributed by atoms with E-state index >= 15 is 0 Å². The second-order valence-corrected chi connectivity index (χ2v) is 7.61. The maximum atomic E-state index is 13.6. The molecule has 7 nitrogen and oxygen atoms in total. The number of hydrogen-bond acceptors (Lipinski definition) is 4. The van der Waals surface area contributed by atoms with Crippen molar-refractivity contribution in [3.05, 3.63) is 41.5 Å². The molecule has 174 valence electrons. The molecule has 1 aromatic carbocycles. The van der Waals surface area contributed by atoms with Crippen LogP contribution in [0.25, 0.3) is 0 Å². The van der Waals surface area contributed by atoms with E-state index in [1.165, 1.54) is 12.1 Å². The lowest BCUT2D eigenvalue weighted by Crippen LogP contribution is -2.37. The SMILES string of the molecule is CCNC(=NCc1ccc(OC(C)(C)C)cc1C(F)(F)F)NCc1nncn1CC.I. The van der Waals surface area contributed by atoms with Gasteiger partial charge in [-0.05, 0) is 52.3 Å². The summed E-state index contributed by atoms with van der Waals surface area (Å²) >= 11 is 0. The molecule has 0 fully saturated rings. The van der Waals surface area contributed by atoms with E-state index in [-0.39, 0.29) is 41.8 Å². The Balaban J connectivity index is 0.00000480. The van der Waals surface area contributed by atoms with Crippen LogP contribution in [0.15, 0.2) is 29.5 Å². The molecule has 0 spiro atoms. The monoisotopic (exact) mass is 554 g/mol. The van der Waals surface area contributed by atoms with Gasteiger partial charge < -0.3 is 19.9 Å². The van der Waals surface area contributed by atoms with Gasteiger partial charge in [0, 0.05) is 13.1 Å². The Bertz CT molecular complexity index is 861. The summed E-state index contributed by atoms with van der Waals surface area (Å²) < 4.78 is 48.2. The summed E-state index contributed by atoms with van der Waals surface area (Å²) in [6, 6.07) is 3.97. The largest absolute Gasteiger partial charge is 0.488 e. The summed E-state index contributed by atoms with van der Waals surface area (Å²) in [6.45, 7) is 10.7. The molecular formula is C20H30F3IN6O. The van der Waals surface area contributed by atoms with E-state index in [0.717, 1.165) is 12.6 Å². The van der Waals surface area contributed by atoms with Crippen molar-refractivity contribution in [2.24, 2.45) is 4.99 Å². The smallest absolute Gasteiger partial charge is 0.416 e. The van der Waals surface area contributed by atoms with Gasteiger partial charge >= 0.3 is 6.18 Å². The molecule has 0 unspecified atom stereocenters. The van der Waals surface area contributed by atoms with Crippen molar-refractivity contribution < 1.29 is 17.9 Å². The van der Waals surface area contributed by atoms with E-state index in [4.69, 9.17) is 4.74 Å². The van der Waals surface area contributed by atoms with Crippen LogP contribution in [0.4, 0.5) is 13.2 Å². The maximum Gasteiger partial charge on any atom is 0.416 e. The molecular weight excluding hydrogens is 524 g/mol. The third-order valence-electron chi connectivity index (χ3n) is 4.01. The first kappa shape index (κ1) is 27.0. The molecule has 11 heteroatoms. The van der Waals surface area contributed by atoms with Crippen LogP contribution in [0.5, 0.6) is 5.75 Å². The minimum atomic E-state index is -4.51. The number of nitrogens with zero attached hydrogens (tertiary/aromatic N) is 4. The normalized spacial score (nSPS) is 12.3. The number of rotatable bonds is 7. The number of hydrogen-bond donors (Lipinski definition) is 2. The van der Waals surface area contributed by atoms with E-state index in [2.05, 4.69) is 25.8 Å². The molecule has 0 atom stereocenters. The third kappa shape index (κ3) is 8.54. The van der Waals surface area contributed by atoms with Crippen molar-refractivity contribution in [3.8, 4) is 5.75 Å². The van der Waals surface area contributed by atoms with Gasteiger partial charge in [-0.25, -0.2) is 4.99 Å². The summed E-state index contributed by atoms with van der Waals surface area (Å²) in [5, 5.41) is 14.0. The molecule has 0 aliphatic carbocycles. The van der Waals surface area contributed by atoms with E-state index in [1.807, 2.05) is 18.4 Å². The number of alkyl halides is 3.